The average molecular weight is 362 g/mol. The van der Waals surface area contributed by atoms with Crippen molar-refractivity contribution in [2.75, 3.05) is 39.4 Å². The van der Waals surface area contributed by atoms with Gasteiger partial charge in [0.15, 0.2) is 5.76 Å². The van der Waals surface area contributed by atoms with E-state index < -0.39 is 0 Å². The summed E-state index contributed by atoms with van der Waals surface area (Å²) >= 11 is 0. The van der Waals surface area contributed by atoms with Gasteiger partial charge in [0.2, 0.25) is 0 Å². The van der Waals surface area contributed by atoms with Crippen LogP contribution >= 0.6 is 0 Å². The van der Waals surface area contributed by atoms with E-state index in [1.54, 1.807) is 0 Å². The van der Waals surface area contributed by atoms with Gasteiger partial charge in [0.05, 0.1) is 25.5 Å². The highest BCUT2D eigenvalue weighted by atomic mass is 16.5. The van der Waals surface area contributed by atoms with Crippen LogP contribution in [0.5, 0.6) is 0 Å². The minimum atomic E-state index is 0.639. The third kappa shape index (κ3) is 4.87. The maximum atomic E-state index is 5.74. The molecule has 0 radical (unpaired) electrons. The lowest BCUT2D eigenvalue weighted by Crippen LogP contribution is -2.43. The van der Waals surface area contributed by atoms with Gasteiger partial charge in [0, 0.05) is 31.1 Å². The summed E-state index contributed by atoms with van der Waals surface area (Å²) in [6.45, 7) is 7.33. The zero-order chi connectivity index (χ0) is 17.6. The molecule has 2 aliphatic heterocycles. The molecule has 3 aliphatic rings. The molecule has 26 heavy (non-hydrogen) atoms. The first-order valence-corrected chi connectivity index (χ1v) is 10.9. The number of ether oxygens (including phenoxy) is 1. The lowest BCUT2D eigenvalue weighted by molar-refractivity contribution is 0.0296. The van der Waals surface area contributed by atoms with Crippen LogP contribution in [0.4, 0.5) is 0 Å². The predicted octanol–water partition coefficient (Wildman–Crippen LogP) is 3.80. The van der Waals surface area contributed by atoms with Crippen molar-refractivity contribution in [3.8, 4) is 0 Å². The fourth-order valence-electron chi connectivity index (χ4n) is 4.95. The van der Waals surface area contributed by atoms with Gasteiger partial charge in [-0.2, -0.15) is 0 Å². The zero-order valence-corrected chi connectivity index (χ0v) is 16.2. The third-order valence-electron chi connectivity index (χ3n) is 6.59. The summed E-state index contributed by atoms with van der Waals surface area (Å²) in [5.74, 6) is 1.71. The number of piperidine rings is 1. The topological polar surface area (TPSA) is 41.7 Å². The maximum Gasteiger partial charge on any atom is 0.150 e. The van der Waals surface area contributed by atoms with Crippen LogP contribution in [0.2, 0.25) is 0 Å². The molecule has 1 unspecified atom stereocenters. The summed E-state index contributed by atoms with van der Waals surface area (Å²) in [5.41, 5.74) is 1.21. The van der Waals surface area contributed by atoms with Gasteiger partial charge in [0.25, 0.3) is 0 Å². The molecule has 1 saturated carbocycles. The van der Waals surface area contributed by atoms with Crippen molar-refractivity contribution < 1.29 is 9.26 Å². The van der Waals surface area contributed by atoms with Crippen LogP contribution in [-0.4, -0.2) is 60.4 Å². The number of hydrogen-bond donors (Lipinski definition) is 0. The first-order chi connectivity index (χ1) is 12.9. The number of nitrogens with zero attached hydrogens (tertiary/aromatic N) is 3. The van der Waals surface area contributed by atoms with Gasteiger partial charge < -0.3 is 9.26 Å². The largest absolute Gasteiger partial charge is 0.379 e. The molecule has 1 aromatic heterocycles. The maximum absolute atomic E-state index is 5.74. The van der Waals surface area contributed by atoms with Crippen LogP contribution in [0.15, 0.2) is 10.6 Å². The van der Waals surface area contributed by atoms with E-state index in [2.05, 4.69) is 21.0 Å². The van der Waals surface area contributed by atoms with Crippen molar-refractivity contribution in [2.24, 2.45) is 0 Å². The second-order valence-corrected chi connectivity index (χ2v) is 8.42. The van der Waals surface area contributed by atoms with Gasteiger partial charge in [-0.15, -0.1) is 0 Å². The Morgan fingerprint density at radius 2 is 1.77 bits per heavy atom. The van der Waals surface area contributed by atoms with Crippen LogP contribution in [0, 0.1) is 0 Å². The smallest absolute Gasteiger partial charge is 0.150 e. The van der Waals surface area contributed by atoms with Crippen LogP contribution in [0.3, 0.4) is 0 Å². The summed E-state index contributed by atoms with van der Waals surface area (Å²) in [4.78, 5) is 5.21. The van der Waals surface area contributed by atoms with Crippen molar-refractivity contribution in [1.82, 2.24) is 15.0 Å². The highest BCUT2D eigenvalue weighted by molar-refractivity contribution is 5.11. The van der Waals surface area contributed by atoms with E-state index in [0.29, 0.717) is 12.0 Å². The van der Waals surface area contributed by atoms with E-state index in [4.69, 9.17) is 9.26 Å². The Kier molecular flexibility index (Phi) is 6.63. The molecule has 3 heterocycles. The van der Waals surface area contributed by atoms with Gasteiger partial charge in [-0.3, -0.25) is 9.80 Å². The number of rotatable bonds is 6. The summed E-state index contributed by atoms with van der Waals surface area (Å²) in [5, 5.41) is 4.43. The van der Waals surface area contributed by atoms with Crippen molar-refractivity contribution in [1.29, 1.82) is 0 Å². The molecule has 3 fully saturated rings. The Morgan fingerprint density at radius 3 is 2.62 bits per heavy atom. The fraction of sp³-hybridized carbons (Fsp3) is 0.857. The number of likely N-dealkylation sites (tertiary alicyclic amines) is 1. The standard InChI is InChI=1S/C21H35N3O2/c1-2-6-18(7-3-1)21-16-20(26-22-21)17-24-10-5-4-8-19(24)9-11-23-12-14-25-15-13-23/h16,18-19H,1-15,17H2. The molecule has 146 valence electrons. The predicted molar refractivity (Wildman–Crippen MR) is 102 cm³/mol. The van der Waals surface area contributed by atoms with Crippen molar-refractivity contribution in [3.05, 3.63) is 17.5 Å². The van der Waals surface area contributed by atoms with Crippen molar-refractivity contribution >= 4 is 0 Å². The summed E-state index contributed by atoms with van der Waals surface area (Å²) in [6.07, 6.45) is 11.9. The monoisotopic (exact) mass is 361 g/mol. The minimum Gasteiger partial charge on any atom is -0.379 e. The second-order valence-electron chi connectivity index (χ2n) is 8.42. The van der Waals surface area contributed by atoms with Crippen LogP contribution < -0.4 is 0 Å². The minimum absolute atomic E-state index is 0.639. The van der Waals surface area contributed by atoms with Gasteiger partial charge in [0.1, 0.15) is 0 Å². The quantitative estimate of drug-likeness (QED) is 0.771. The van der Waals surface area contributed by atoms with E-state index in [1.165, 1.54) is 76.6 Å². The van der Waals surface area contributed by atoms with Gasteiger partial charge in [-0.25, -0.2) is 0 Å². The normalized spacial score (nSPS) is 27.0. The van der Waals surface area contributed by atoms with E-state index in [0.717, 1.165) is 38.6 Å². The Morgan fingerprint density at radius 1 is 0.962 bits per heavy atom. The lowest BCUT2D eigenvalue weighted by atomic mass is 9.87. The van der Waals surface area contributed by atoms with Gasteiger partial charge in [-0.1, -0.05) is 30.8 Å². The molecule has 4 rings (SSSR count). The average Bonchev–Trinajstić information content (AvgIpc) is 3.17. The van der Waals surface area contributed by atoms with Crippen LogP contribution in [0.1, 0.15) is 75.2 Å². The summed E-state index contributed by atoms with van der Waals surface area (Å²) in [6, 6.07) is 2.94. The molecule has 0 spiro atoms. The third-order valence-corrected chi connectivity index (χ3v) is 6.59. The molecule has 1 aromatic rings. The highest BCUT2D eigenvalue weighted by Crippen LogP contribution is 2.32. The molecule has 5 nitrogen and oxygen atoms in total. The molecule has 0 N–H and O–H groups in total. The molecular weight excluding hydrogens is 326 g/mol. The molecule has 5 heteroatoms. The second kappa shape index (κ2) is 9.34. The fourth-order valence-corrected chi connectivity index (χ4v) is 4.95. The van der Waals surface area contributed by atoms with Gasteiger partial charge >= 0.3 is 0 Å². The Balaban J connectivity index is 1.30. The summed E-state index contributed by atoms with van der Waals surface area (Å²) in [7, 11) is 0. The Bertz CT molecular complexity index is 535. The number of aromatic nitrogens is 1. The van der Waals surface area contributed by atoms with Crippen LogP contribution in [-0.2, 0) is 11.3 Å². The van der Waals surface area contributed by atoms with Gasteiger partial charge in [-0.05, 0) is 45.2 Å². The molecule has 1 atom stereocenters. The molecule has 0 aromatic carbocycles. The zero-order valence-electron chi connectivity index (χ0n) is 16.2. The Hall–Kier alpha value is -0.910. The number of hydrogen-bond acceptors (Lipinski definition) is 5. The Labute approximate surface area is 158 Å². The molecule has 2 saturated heterocycles. The number of morpholine rings is 1. The molecule has 1 aliphatic carbocycles. The summed E-state index contributed by atoms with van der Waals surface area (Å²) < 4.78 is 11.2. The van der Waals surface area contributed by atoms with E-state index >= 15 is 0 Å². The SMILES string of the molecule is c1c(C2CCCCC2)noc1CN1CCCCC1CCN1CCOCC1. The van der Waals surface area contributed by atoms with Crippen molar-refractivity contribution in [3.63, 3.8) is 0 Å². The van der Waals surface area contributed by atoms with Crippen LogP contribution in [0.25, 0.3) is 0 Å². The molecular formula is C21H35N3O2. The van der Waals surface area contributed by atoms with E-state index in [1.807, 2.05) is 0 Å². The van der Waals surface area contributed by atoms with E-state index in [-0.39, 0.29) is 0 Å². The lowest BCUT2D eigenvalue weighted by Gasteiger charge is -2.37. The highest BCUT2D eigenvalue weighted by Gasteiger charge is 2.26. The molecule has 0 bridgehead atoms. The first kappa shape index (κ1) is 18.5. The first-order valence-electron chi connectivity index (χ1n) is 10.9. The molecule has 0 amide bonds. The van der Waals surface area contributed by atoms with E-state index in [9.17, 15) is 0 Å². The van der Waals surface area contributed by atoms with Crippen molar-refractivity contribution in [2.45, 2.75) is 76.3 Å².